The van der Waals surface area contributed by atoms with Crippen molar-refractivity contribution in [1.29, 1.82) is 0 Å². The van der Waals surface area contributed by atoms with Crippen LogP contribution >= 0.6 is 0 Å². The first-order valence-corrected chi connectivity index (χ1v) is 9.76. The molecule has 10 heteroatoms. The standard InChI is InChI=1S/C20H22F2N6O2/c1-3-30-19(29)11-5-4-8-28(10-11)20-24-16(13-7-6-12(21)9-14(13)22)15-17(23)27(2)26-18(15)25-20/h6-7,9,11H,3-5,8,10,23H2,1-2H3. The average Bonchev–Trinajstić information content (AvgIpc) is 3.01. The lowest BCUT2D eigenvalue weighted by atomic mass is 9.98. The minimum atomic E-state index is -0.757. The van der Waals surface area contributed by atoms with Gasteiger partial charge in [0, 0.05) is 31.8 Å². The third kappa shape index (κ3) is 3.53. The van der Waals surface area contributed by atoms with E-state index in [4.69, 9.17) is 10.5 Å². The molecule has 2 N–H and O–H groups in total. The van der Waals surface area contributed by atoms with Crippen LogP contribution in [0, 0.1) is 17.6 Å². The molecule has 2 aromatic heterocycles. The summed E-state index contributed by atoms with van der Waals surface area (Å²) in [5, 5.41) is 4.71. The first-order valence-electron chi connectivity index (χ1n) is 9.76. The summed E-state index contributed by atoms with van der Waals surface area (Å²) in [6.07, 6.45) is 1.48. The molecule has 30 heavy (non-hydrogen) atoms. The fourth-order valence-corrected chi connectivity index (χ4v) is 3.73. The molecule has 0 saturated carbocycles. The van der Waals surface area contributed by atoms with Crippen LogP contribution < -0.4 is 10.6 Å². The minimum absolute atomic E-state index is 0.101. The molecule has 8 nitrogen and oxygen atoms in total. The number of carbonyl (C=O) groups is 1. The number of aryl methyl sites for hydroxylation is 1. The number of nitrogen functional groups attached to an aromatic ring is 1. The maximum atomic E-state index is 14.6. The van der Waals surface area contributed by atoms with E-state index in [9.17, 15) is 13.6 Å². The van der Waals surface area contributed by atoms with Crippen molar-refractivity contribution in [2.24, 2.45) is 13.0 Å². The first kappa shape index (κ1) is 20.0. The van der Waals surface area contributed by atoms with Crippen molar-refractivity contribution < 1.29 is 18.3 Å². The van der Waals surface area contributed by atoms with Crippen molar-refractivity contribution in [2.75, 3.05) is 30.3 Å². The van der Waals surface area contributed by atoms with Gasteiger partial charge in [0.25, 0.3) is 0 Å². The van der Waals surface area contributed by atoms with E-state index < -0.39 is 11.6 Å². The summed E-state index contributed by atoms with van der Waals surface area (Å²) in [5.74, 6) is -1.40. The number of nitrogens with two attached hydrogens (primary N) is 1. The number of hydrogen-bond donors (Lipinski definition) is 1. The van der Waals surface area contributed by atoms with Crippen LogP contribution in [0.1, 0.15) is 19.8 Å². The lowest BCUT2D eigenvalue weighted by molar-refractivity contribution is -0.148. The molecule has 1 atom stereocenters. The van der Waals surface area contributed by atoms with Crippen molar-refractivity contribution in [1.82, 2.24) is 19.7 Å². The lowest BCUT2D eigenvalue weighted by Crippen LogP contribution is -2.40. The smallest absolute Gasteiger partial charge is 0.310 e. The molecule has 1 aliphatic heterocycles. The number of hydrogen-bond acceptors (Lipinski definition) is 7. The van der Waals surface area contributed by atoms with Crippen molar-refractivity contribution in [3.05, 3.63) is 29.8 Å². The Hall–Kier alpha value is -3.30. The molecule has 1 aromatic carbocycles. The summed E-state index contributed by atoms with van der Waals surface area (Å²) in [5.41, 5.74) is 6.77. The fourth-order valence-electron chi connectivity index (χ4n) is 3.73. The van der Waals surface area contributed by atoms with Gasteiger partial charge in [-0.3, -0.25) is 9.48 Å². The highest BCUT2D eigenvalue weighted by molar-refractivity contribution is 5.99. The van der Waals surface area contributed by atoms with E-state index in [0.29, 0.717) is 43.1 Å². The van der Waals surface area contributed by atoms with Gasteiger partial charge in [0.2, 0.25) is 5.95 Å². The summed E-state index contributed by atoms with van der Waals surface area (Å²) >= 11 is 0. The normalized spacial score (nSPS) is 16.8. The predicted octanol–water partition coefficient (Wildman–Crippen LogP) is 2.67. The number of piperidine rings is 1. The zero-order valence-corrected chi connectivity index (χ0v) is 16.7. The summed E-state index contributed by atoms with van der Waals surface area (Å²) in [6.45, 7) is 3.11. The third-order valence-corrected chi connectivity index (χ3v) is 5.24. The van der Waals surface area contributed by atoms with Crippen LogP contribution in [-0.4, -0.2) is 45.4 Å². The maximum Gasteiger partial charge on any atom is 0.310 e. The quantitative estimate of drug-likeness (QED) is 0.653. The number of aromatic nitrogens is 4. The van der Waals surface area contributed by atoms with Gasteiger partial charge < -0.3 is 15.4 Å². The molecule has 0 bridgehead atoms. The molecule has 1 saturated heterocycles. The number of carbonyl (C=O) groups excluding carboxylic acids is 1. The molecule has 1 unspecified atom stereocenters. The average molecular weight is 416 g/mol. The Morgan fingerprint density at radius 3 is 2.87 bits per heavy atom. The molecule has 3 heterocycles. The van der Waals surface area contributed by atoms with Gasteiger partial charge in [-0.15, -0.1) is 0 Å². The molecular formula is C20H22F2N6O2. The predicted molar refractivity (Wildman–Crippen MR) is 108 cm³/mol. The van der Waals surface area contributed by atoms with Gasteiger partial charge in [-0.2, -0.15) is 10.1 Å². The molecule has 3 aromatic rings. The number of ether oxygens (including phenoxy) is 1. The SMILES string of the molecule is CCOC(=O)C1CCCN(c2nc(-c3ccc(F)cc3F)c3c(N)n(C)nc3n2)C1. The number of halogens is 2. The zero-order valence-electron chi connectivity index (χ0n) is 16.7. The molecule has 1 aliphatic rings. The largest absolute Gasteiger partial charge is 0.466 e. The number of fused-ring (bicyclic) bond motifs is 1. The van der Waals surface area contributed by atoms with Gasteiger partial charge in [0.1, 0.15) is 17.5 Å². The molecule has 158 valence electrons. The highest BCUT2D eigenvalue weighted by Gasteiger charge is 2.29. The summed E-state index contributed by atoms with van der Waals surface area (Å²) in [7, 11) is 1.65. The van der Waals surface area contributed by atoms with Crippen molar-refractivity contribution in [2.45, 2.75) is 19.8 Å². The van der Waals surface area contributed by atoms with Gasteiger partial charge in [-0.05, 0) is 31.9 Å². The second-order valence-electron chi connectivity index (χ2n) is 7.24. The van der Waals surface area contributed by atoms with E-state index in [1.54, 1.807) is 14.0 Å². The van der Waals surface area contributed by atoms with Crippen LogP contribution in [0.15, 0.2) is 18.2 Å². The van der Waals surface area contributed by atoms with Crippen LogP contribution in [0.2, 0.25) is 0 Å². The Balaban J connectivity index is 1.81. The number of nitrogens with zero attached hydrogens (tertiary/aromatic N) is 5. The Morgan fingerprint density at radius 2 is 2.13 bits per heavy atom. The van der Waals surface area contributed by atoms with Crippen molar-refractivity contribution in [3.8, 4) is 11.3 Å². The van der Waals surface area contributed by atoms with E-state index in [1.165, 1.54) is 10.7 Å². The molecule has 1 fully saturated rings. The van der Waals surface area contributed by atoms with Crippen LogP contribution in [0.5, 0.6) is 0 Å². The second-order valence-corrected chi connectivity index (χ2v) is 7.24. The molecule has 0 spiro atoms. The maximum absolute atomic E-state index is 14.6. The van der Waals surface area contributed by atoms with E-state index in [-0.39, 0.29) is 29.0 Å². The van der Waals surface area contributed by atoms with Gasteiger partial charge in [0.05, 0.1) is 23.6 Å². The summed E-state index contributed by atoms with van der Waals surface area (Å²) in [6, 6.07) is 3.28. The zero-order chi connectivity index (χ0) is 21.4. The van der Waals surface area contributed by atoms with Gasteiger partial charge in [0.15, 0.2) is 5.65 Å². The molecule has 0 radical (unpaired) electrons. The van der Waals surface area contributed by atoms with Crippen molar-refractivity contribution >= 4 is 28.8 Å². The van der Waals surface area contributed by atoms with Crippen LogP contribution in [0.25, 0.3) is 22.3 Å². The third-order valence-electron chi connectivity index (χ3n) is 5.24. The highest BCUT2D eigenvalue weighted by Crippen LogP contribution is 2.34. The second kappa shape index (κ2) is 7.85. The Labute approximate surface area is 171 Å². The summed E-state index contributed by atoms with van der Waals surface area (Å²) in [4.78, 5) is 23.1. The van der Waals surface area contributed by atoms with E-state index in [0.717, 1.165) is 18.6 Å². The van der Waals surface area contributed by atoms with Crippen LogP contribution in [0.4, 0.5) is 20.5 Å². The van der Waals surface area contributed by atoms with E-state index >= 15 is 0 Å². The minimum Gasteiger partial charge on any atom is -0.466 e. The van der Waals surface area contributed by atoms with Gasteiger partial charge >= 0.3 is 5.97 Å². The summed E-state index contributed by atoms with van der Waals surface area (Å²) < 4.78 is 34.6. The number of rotatable bonds is 4. The van der Waals surface area contributed by atoms with Crippen LogP contribution in [0.3, 0.4) is 0 Å². The van der Waals surface area contributed by atoms with Gasteiger partial charge in [-0.1, -0.05) is 0 Å². The van der Waals surface area contributed by atoms with Crippen LogP contribution in [-0.2, 0) is 16.6 Å². The Kier molecular flexibility index (Phi) is 5.23. The monoisotopic (exact) mass is 416 g/mol. The Morgan fingerprint density at radius 1 is 1.33 bits per heavy atom. The Bertz CT molecular complexity index is 1120. The number of anilines is 2. The fraction of sp³-hybridized carbons (Fsp3) is 0.400. The van der Waals surface area contributed by atoms with Gasteiger partial charge in [-0.25, -0.2) is 13.8 Å². The van der Waals surface area contributed by atoms with E-state index in [2.05, 4.69) is 15.1 Å². The number of benzene rings is 1. The topological polar surface area (TPSA) is 99.2 Å². The lowest BCUT2D eigenvalue weighted by Gasteiger charge is -2.31. The molecular weight excluding hydrogens is 394 g/mol. The van der Waals surface area contributed by atoms with E-state index in [1.807, 2.05) is 4.90 Å². The molecule has 4 rings (SSSR count). The molecule has 0 aliphatic carbocycles. The molecule has 0 amide bonds. The first-order chi connectivity index (χ1) is 14.4. The van der Waals surface area contributed by atoms with Crippen molar-refractivity contribution in [3.63, 3.8) is 0 Å². The highest BCUT2D eigenvalue weighted by atomic mass is 19.1. The number of esters is 1.